The molecule has 7 heteroatoms. The molecule has 3 aromatic carbocycles. The first-order chi connectivity index (χ1) is 16.9. The molecule has 2 bridgehead atoms. The van der Waals surface area contributed by atoms with E-state index >= 15 is 0 Å². The summed E-state index contributed by atoms with van der Waals surface area (Å²) in [4.78, 5) is 28.4. The van der Waals surface area contributed by atoms with Gasteiger partial charge in [0.05, 0.1) is 17.0 Å². The lowest BCUT2D eigenvalue weighted by Crippen LogP contribution is -2.54. The number of carbonyl (C=O) groups excluding carboxylic acids is 2. The summed E-state index contributed by atoms with van der Waals surface area (Å²) in [5.41, 5.74) is 5.01. The van der Waals surface area contributed by atoms with Crippen LogP contribution >= 0.6 is 0 Å². The van der Waals surface area contributed by atoms with Crippen LogP contribution in [0.4, 0.5) is 4.79 Å². The Bertz CT molecular complexity index is 1460. The van der Waals surface area contributed by atoms with Crippen molar-refractivity contribution in [3.05, 3.63) is 113 Å². The Hall–Kier alpha value is -3.71. The number of carbonyl (C=O) groups is 2. The number of urea groups is 1. The van der Waals surface area contributed by atoms with Crippen molar-refractivity contribution in [1.29, 1.82) is 0 Å². The van der Waals surface area contributed by atoms with E-state index in [9.17, 15) is 18.0 Å². The zero-order chi connectivity index (χ0) is 24.5. The minimum absolute atomic E-state index is 0.0403. The molecule has 1 fully saturated rings. The number of amides is 3. The molecule has 2 atom stereocenters. The molecule has 4 aliphatic rings. The fourth-order valence-electron chi connectivity index (χ4n) is 6.11. The summed E-state index contributed by atoms with van der Waals surface area (Å²) in [6.07, 6.45) is 2.90. The van der Waals surface area contributed by atoms with E-state index in [-0.39, 0.29) is 16.7 Å². The van der Waals surface area contributed by atoms with Crippen LogP contribution < -0.4 is 0 Å². The van der Waals surface area contributed by atoms with E-state index in [1.807, 2.05) is 55.5 Å². The molecule has 0 saturated carbocycles. The van der Waals surface area contributed by atoms with Crippen molar-refractivity contribution in [2.45, 2.75) is 42.7 Å². The average Bonchev–Trinajstić information content (AvgIpc) is 3.17. The number of rotatable bonds is 3. The molecule has 1 heterocycles. The quantitative estimate of drug-likeness (QED) is 0.511. The summed E-state index contributed by atoms with van der Waals surface area (Å²) < 4.78 is 29.0. The highest BCUT2D eigenvalue weighted by Gasteiger charge is 2.64. The number of aryl methyl sites for hydroxylation is 1. The first-order valence-electron chi connectivity index (χ1n) is 11.6. The fourth-order valence-corrected chi connectivity index (χ4v) is 7.68. The number of hydrogen-bond donors (Lipinski definition) is 0. The Morgan fingerprint density at radius 3 is 1.77 bits per heavy atom. The molecule has 0 spiro atoms. The van der Waals surface area contributed by atoms with Gasteiger partial charge in [0.25, 0.3) is 15.9 Å². The van der Waals surface area contributed by atoms with Crippen molar-refractivity contribution in [1.82, 2.24) is 9.21 Å². The van der Waals surface area contributed by atoms with Gasteiger partial charge < -0.3 is 0 Å². The third kappa shape index (κ3) is 2.91. The highest BCUT2D eigenvalue weighted by molar-refractivity contribution is 7.89. The van der Waals surface area contributed by atoms with Crippen molar-refractivity contribution in [3.8, 4) is 0 Å². The number of benzene rings is 3. The van der Waals surface area contributed by atoms with Gasteiger partial charge in [-0.3, -0.25) is 9.69 Å². The Balaban J connectivity index is 1.62. The minimum Gasteiger partial charge on any atom is -0.269 e. The lowest BCUT2D eigenvalue weighted by Gasteiger charge is -2.49. The summed E-state index contributed by atoms with van der Waals surface area (Å²) >= 11 is 0. The van der Waals surface area contributed by atoms with Gasteiger partial charge in [-0.15, -0.1) is 0 Å². The number of imide groups is 1. The SMILES string of the molecule is C/C=C/C(=O)N1C(=O)N(S(=O)(=O)c2ccc(C)cc2)[C@H]2C3c4ccccc4C(c4ccccc43)[C@H]21. The van der Waals surface area contributed by atoms with Crippen LogP contribution in [0.3, 0.4) is 0 Å². The van der Waals surface area contributed by atoms with Gasteiger partial charge in [0.15, 0.2) is 0 Å². The lowest BCUT2D eigenvalue weighted by atomic mass is 9.59. The zero-order valence-electron chi connectivity index (χ0n) is 19.3. The molecule has 0 N–H and O–H groups in total. The number of allylic oxidation sites excluding steroid dienone is 1. The van der Waals surface area contributed by atoms with Crippen molar-refractivity contribution in [2.75, 3.05) is 0 Å². The first kappa shape index (κ1) is 21.8. The van der Waals surface area contributed by atoms with Crippen molar-refractivity contribution in [3.63, 3.8) is 0 Å². The van der Waals surface area contributed by atoms with E-state index in [1.165, 1.54) is 23.1 Å². The van der Waals surface area contributed by atoms with Crippen LogP contribution in [0.1, 0.15) is 46.6 Å². The predicted octanol–water partition coefficient (Wildman–Crippen LogP) is 4.55. The van der Waals surface area contributed by atoms with E-state index in [2.05, 4.69) is 0 Å². The molecular weight excluding hydrogens is 460 g/mol. The van der Waals surface area contributed by atoms with Crippen LogP contribution in [-0.4, -0.2) is 41.6 Å². The summed E-state index contributed by atoms with van der Waals surface area (Å²) in [5, 5.41) is 0. The number of nitrogens with zero attached hydrogens (tertiary/aromatic N) is 2. The highest BCUT2D eigenvalue weighted by atomic mass is 32.2. The summed E-state index contributed by atoms with van der Waals surface area (Å²) in [7, 11) is -4.22. The molecule has 0 radical (unpaired) electrons. The molecule has 3 aliphatic carbocycles. The highest BCUT2D eigenvalue weighted by Crippen LogP contribution is 2.58. The second-order valence-corrected chi connectivity index (χ2v) is 11.1. The molecular formula is C28H24N2O4S. The predicted molar refractivity (Wildman–Crippen MR) is 131 cm³/mol. The Kier molecular flexibility index (Phi) is 4.76. The van der Waals surface area contributed by atoms with Gasteiger partial charge in [-0.1, -0.05) is 72.3 Å². The molecule has 6 nitrogen and oxygen atoms in total. The molecule has 3 amide bonds. The van der Waals surface area contributed by atoms with Gasteiger partial charge in [-0.2, -0.15) is 0 Å². The van der Waals surface area contributed by atoms with Gasteiger partial charge in [-0.05, 0) is 54.3 Å². The Morgan fingerprint density at radius 2 is 1.29 bits per heavy atom. The summed E-state index contributed by atoms with van der Waals surface area (Å²) in [6, 6.07) is 20.2. The maximum Gasteiger partial charge on any atom is 0.341 e. The largest absolute Gasteiger partial charge is 0.341 e. The molecule has 35 heavy (non-hydrogen) atoms. The molecule has 7 rings (SSSR count). The van der Waals surface area contributed by atoms with E-state index in [0.29, 0.717) is 0 Å². The normalized spacial score (nSPS) is 24.5. The first-order valence-corrected chi connectivity index (χ1v) is 13.1. The van der Waals surface area contributed by atoms with Gasteiger partial charge in [0.1, 0.15) is 0 Å². The second-order valence-electron chi connectivity index (χ2n) is 9.30. The third-order valence-corrected chi connectivity index (χ3v) is 9.24. The van der Waals surface area contributed by atoms with Gasteiger partial charge in [0.2, 0.25) is 0 Å². The van der Waals surface area contributed by atoms with Gasteiger partial charge >= 0.3 is 6.03 Å². The van der Waals surface area contributed by atoms with Crippen LogP contribution in [0.2, 0.25) is 0 Å². The zero-order valence-corrected chi connectivity index (χ0v) is 20.1. The molecule has 3 aromatic rings. The summed E-state index contributed by atoms with van der Waals surface area (Å²) in [6.45, 7) is 3.58. The smallest absolute Gasteiger partial charge is 0.269 e. The van der Waals surface area contributed by atoms with E-state index < -0.39 is 34.0 Å². The third-order valence-electron chi connectivity index (χ3n) is 7.45. The molecule has 176 valence electrons. The van der Waals surface area contributed by atoms with Crippen molar-refractivity contribution < 1.29 is 18.0 Å². The molecule has 0 unspecified atom stereocenters. The summed E-state index contributed by atoms with van der Waals surface area (Å²) in [5.74, 6) is -1.18. The van der Waals surface area contributed by atoms with Crippen LogP contribution in [0.25, 0.3) is 0 Å². The number of sulfonamides is 1. The standard InChI is InChI=1S/C28H24N2O4S/c1-3-8-23(31)29-26-24-19-9-4-6-11-21(19)25(22-12-7-5-10-20(22)24)27(26)30(28(29)32)35(33,34)18-15-13-17(2)14-16-18/h3-16,24-27H,1-2H3/b8-3+/t24?,25?,26-,27+/m1/s1. The van der Waals surface area contributed by atoms with Crippen LogP contribution in [0, 0.1) is 6.92 Å². The van der Waals surface area contributed by atoms with Crippen LogP contribution in [-0.2, 0) is 14.8 Å². The maximum absolute atomic E-state index is 14.0. The number of hydrogen-bond acceptors (Lipinski definition) is 4. The van der Waals surface area contributed by atoms with Crippen LogP contribution in [0.5, 0.6) is 0 Å². The topological polar surface area (TPSA) is 74.8 Å². The van der Waals surface area contributed by atoms with Crippen molar-refractivity contribution in [2.24, 2.45) is 0 Å². The van der Waals surface area contributed by atoms with E-state index in [0.717, 1.165) is 32.1 Å². The average molecular weight is 485 g/mol. The minimum atomic E-state index is -4.22. The maximum atomic E-state index is 14.0. The van der Waals surface area contributed by atoms with E-state index in [4.69, 9.17) is 0 Å². The Labute approximate surface area is 204 Å². The fraction of sp³-hybridized carbons (Fsp3) is 0.214. The monoisotopic (exact) mass is 484 g/mol. The van der Waals surface area contributed by atoms with Crippen molar-refractivity contribution >= 4 is 22.0 Å². The van der Waals surface area contributed by atoms with E-state index in [1.54, 1.807) is 25.1 Å². The molecule has 1 aliphatic heterocycles. The second kappa shape index (κ2) is 7.65. The molecule has 0 aromatic heterocycles. The van der Waals surface area contributed by atoms with Gasteiger partial charge in [0, 0.05) is 11.8 Å². The van der Waals surface area contributed by atoms with Crippen LogP contribution in [0.15, 0.2) is 89.8 Å². The Morgan fingerprint density at radius 1 is 0.800 bits per heavy atom. The lowest BCUT2D eigenvalue weighted by molar-refractivity contribution is -0.124. The molecule has 1 saturated heterocycles. The van der Waals surface area contributed by atoms with Gasteiger partial charge in [-0.25, -0.2) is 17.5 Å².